The Kier molecular flexibility index (Phi) is 4.99. The minimum Gasteiger partial charge on any atom is -0.488 e. The lowest BCUT2D eigenvalue weighted by Gasteiger charge is -2.14. The second-order valence-electron chi connectivity index (χ2n) is 5.03. The lowest BCUT2D eigenvalue weighted by molar-refractivity contribution is -0.139. The molecule has 0 aromatic heterocycles. The smallest absolute Gasteiger partial charge is 0.309 e. The molecule has 0 aliphatic carbocycles. The third-order valence-electron chi connectivity index (χ3n) is 3.46. The number of esters is 1. The van der Waals surface area contributed by atoms with Crippen molar-refractivity contribution in [3.8, 4) is 5.75 Å². The van der Waals surface area contributed by atoms with E-state index in [9.17, 15) is 4.79 Å². The number of ether oxygens (including phenoxy) is 2. The molecule has 0 saturated heterocycles. The molecule has 2 rings (SSSR count). The molecule has 3 heteroatoms. The molecule has 0 unspecified atom stereocenters. The maximum Gasteiger partial charge on any atom is 0.309 e. The zero-order valence-corrected chi connectivity index (χ0v) is 12.7. The maximum absolute atomic E-state index is 11.5. The molecule has 0 amide bonds. The van der Waals surface area contributed by atoms with E-state index in [2.05, 4.69) is 0 Å². The molecule has 2 aromatic carbocycles. The lowest BCUT2D eigenvalue weighted by Crippen LogP contribution is -2.08. The monoisotopic (exact) mass is 284 g/mol. The minimum absolute atomic E-state index is 0.241. The molecule has 0 N–H and O–H groups in total. The molecule has 0 bridgehead atoms. The van der Waals surface area contributed by atoms with Crippen LogP contribution in [0.4, 0.5) is 0 Å². The Labute approximate surface area is 125 Å². The van der Waals surface area contributed by atoms with Gasteiger partial charge in [0.1, 0.15) is 12.4 Å². The van der Waals surface area contributed by atoms with E-state index in [1.807, 2.05) is 56.3 Å². The summed E-state index contributed by atoms with van der Waals surface area (Å²) in [4.78, 5) is 11.5. The van der Waals surface area contributed by atoms with Crippen LogP contribution in [0.5, 0.6) is 5.75 Å². The number of para-hydroxylation sites is 1. The van der Waals surface area contributed by atoms with Gasteiger partial charge in [-0.15, -0.1) is 0 Å². The standard InChI is InChI=1S/C18H20O3/c1-13-7-6-8-14(2)18(13)21-12-16-10-5-4-9-15(16)11-17(19)20-3/h4-10H,11-12H2,1-3H3. The average molecular weight is 284 g/mol. The summed E-state index contributed by atoms with van der Waals surface area (Å²) in [5.41, 5.74) is 4.17. The molecule has 2 aromatic rings. The van der Waals surface area contributed by atoms with Gasteiger partial charge >= 0.3 is 5.97 Å². The van der Waals surface area contributed by atoms with Crippen molar-refractivity contribution in [3.63, 3.8) is 0 Å². The number of aryl methyl sites for hydroxylation is 2. The highest BCUT2D eigenvalue weighted by atomic mass is 16.5. The highest BCUT2D eigenvalue weighted by molar-refractivity contribution is 5.72. The van der Waals surface area contributed by atoms with Crippen LogP contribution in [0, 0.1) is 13.8 Å². The molecule has 0 heterocycles. The number of hydrogen-bond donors (Lipinski definition) is 0. The van der Waals surface area contributed by atoms with E-state index in [1.54, 1.807) is 0 Å². The molecule has 110 valence electrons. The quantitative estimate of drug-likeness (QED) is 0.787. The zero-order valence-electron chi connectivity index (χ0n) is 12.7. The van der Waals surface area contributed by atoms with E-state index < -0.39 is 0 Å². The van der Waals surface area contributed by atoms with E-state index in [0.29, 0.717) is 6.61 Å². The predicted octanol–water partition coefficient (Wildman–Crippen LogP) is 3.60. The summed E-state index contributed by atoms with van der Waals surface area (Å²) in [6.07, 6.45) is 0.267. The molecular weight excluding hydrogens is 264 g/mol. The van der Waals surface area contributed by atoms with Crippen LogP contribution in [-0.2, 0) is 22.6 Å². The lowest BCUT2D eigenvalue weighted by atomic mass is 10.1. The Hall–Kier alpha value is -2.29. The van der Waals surface area contributed by atoms with Gasteiger partial charge in [-0.3, -0.25) is 4.79 Å². The van der Waals surface area contributed by atoms with Crippen molar-refractivity contribution < 1.29 is 14.3 Å². The van der Waals surface area contributed by atoms with E-state index in [-0.39, 0.29) is 12.4 Å². The van der Waals surface area contributed by atoms with Crippen LogP contribution in [0.2, 0.25) is 0 Å². The first-order valence-corrected chi connectivity index (χ1v) is 6.94. The Morgan fingerprint density at radius 3 is 2.19 bits per heavy atom. The highest BCUT2D eigenvalue weighted by Gasteiger charge is 2.09. The number of benzene rings is 2. The van der Waals surface area contributed by atoms with Crippen molar-refractivity contribution in [1.82, 2.24) is 0 Å². The van der Waals surface area contributed by atoms with Crippen molar-refractivity contribution in [3.05, 3.63) is 64.7 Å². The molecule has 0 fully saturated rings. The fraction of sp³-hybridized carbons (Fsp3) is 0.278. The number of carbonyl (C=O) groups is 1. The molecular formula is C18H20O3. The number of carbonyl (C=O) groups excluding carboxylic acids is 1. The highest BCUT2D eigenvalue weighted by Crippen LogP contribution is 2.24. The zero-order chi connectivity index (χ0) is 15.2. The average Bonchev–Trinajstić information content (AvgIpc) is 2.48. The largest absolute Gasteiger partial charge is 0.488 e. The Morgan fingerprint density at radius 1 is 0.952 bits per heavy atom. The van der Waals surface area contributed by atoms with Crippen LogP contribution in [-0.4, -0.2) is 13.1 Å². The van der Waals surface area contributed by atoms with Crippen LogP contribution in [0.3, 0.4) is 0 Å². The van der Waals surface area contributed by atoms with Crippen LogP contribution >= 0.6 is 0 Å². The van der Waals surface area contributed by atoms with Crippen LogP contribution < -0.4 is 4.74 Å². The third-order valence-corrected chi connectivity index (χ3v) is 3.46. The predicted molar refractivity (Wildman–Crippen MR) is 82.4 cm³/mol. The van der Waals surface area contributed by atoms with E-state index in [4.69, 9.17) is 9.47 Å². The summed E-state index contributed by atoms with van der Waals surface area (Å²) in [7, 11) is 1.40. The van der Waals surface area contributed by atoms with Crippen LogP contribution in [0.1, 0.15) is 22.3 Å². The fourth-order valence-electron chi connectivity index (χ4n) is 2.28. The van der Waals surface area contributed by atoms with Gasteiger partial charge in [0.05, 0.1) is 13.5 Å². The summed E-state index contributed by atoms with van der Waals surface area (Å²) in [6.45, 7) is 4.50. The van der Waals surface area contributed by atoms with Gasteiger partial charge < -0.3 is 9.47 Å². The Balaban J connectivity index is 2.15. The molecule has 3 nitrogen and oxygen atoms in total. The van der Waals surface area contributed by atoms with Gasteiger partial charge in [0.2, 0.25) is 0 Å². The molecule has 0 radical (unpaired) electrons. The van der Waals surface area contributed by atoms with Gasteiger partial charge in [-0.1, -0.05) is 42.5 Å². The number of methoxy groups -OCH3 is 1. The van der Waals surface area contributed by atoms with Crippen molar-refractivity contribution in [1.29, 1.82) is 0 Å². The first kappa shape index (κ1) is 15.1. The topological polar surface area (TPSA) is 35.5 Å². The summed E-state index contributed by atoms with van der Waals surface area (Å²) in [5, 5.41) is 0. The van der Waals surface area contributed by atoms with Crippen molar-refractivity contribution in [2.45, 2.75) is 26.9 Å². The van der Waals surface area contributed by atoms with Crippen molar-refractivity contribution in [2.24, 2.45) is 0 Å². The van der Waals surface area contributed by atoms with E-state index >= 15 is 0 Å². The Morgan fingerprint density at radius 2 is 1.57 bits per heavy atom. The van der Waals surface area contributed by atoms with Gasteiger partial charge in [0.15, 0.2) is 0 Å². The second-order valence-corrected chi connectivity index (χ2v) is 5.03. The van der Waals surface area contributed by atoms with Gasteiger partial charge in [-0.2, -0.15) is 0 Å². The van der Waals surface area contributed by atoms with Crippen molar-refractivity contribution in [2.75, 3.05) is 7.11 Å². The van der Waals surface area contributed by atoms with Gasteiger partial charge in [-0.05, 0) is 36.1 Å². The Bertz CT molecular complexity index is 612. The summed E-state index contributed by atoms with van der Waals surface area (Å²) in [6, 6.07) is 13.9. The molecule has 21 heavy (non-hydrogen) atoms. The molecule has 0 atom stereocenters. The first-order chi connectivity index (χ1) is 10.1. The van der Waals surface area contributed by atoms with Crippen LogP contribution in [0.25, 0.3) is 0 Å². The first-order valence-electron chi connectivity index (χ1n) is 6.94. The number of rotatable bonds is 5. The van der Waals surface area contributed by atoms with E-state index in [0.717, 1.165) is 28.0 Å². The summed E-state index contributed by atoms with van der Waals surface area (Å²) < 4.78 is 10.7. The van der Waals surface area contributed by atoms with Crippen molar-refractivity contribution >= 4 is 5.97 Å². The SMILES string of the molecule is COC(=O)Cc1ccccc1COc1c(C)cccc1C. The van der Waals surface area contributed by atoms with Gasteiger partial charge in [0.25, 0.3) is 0 Å². The third kappa shape index (κ3) is 3.85. The number of hydrogen-bond acceptors (Lipinski definition) is 3. The maximum atomic E-state index is 11.5. The second kappa shape index (κ2) is 6.93. The normalized spacial score (nSPS) is 10.2. The van der Waals surface area contributed by atoms with Crippen LogP contribution in [0.15, 0.2) is 42.5 Å². The summed E-state index contributed by atoms with van der Waals surface area (Å²) in [5.74, 6) is 0.667. The van der Waals surface area contributed by atoms with Gasteiger partial charge in [-0.25, -0.2) is 0 Å². The molecule has 0 saturated carbocycles. The molecule has 0 aliphatic rings. The minimum atomic E-state index is -0.241. The molecule has 0 spiro atoms. The summed E-state index contributed by atoms with van der Waals surface area (Å²) >= 11 is 0. The van der Waals surface area contributed by atoms with E-state index in [1.165, 1.54) is 7.11 Å². The van der Waals surface area contributed by atoms with Gasteiger partial charge in [0, 0.05) is 0 Å². The molecule has 0 aliphatic heterocycles. The fourth-order valence-corrected chi connectivity index (χ4v) is 2.28.